The second kappa shape index (κ2) is 9.64. The van der Waals surface area contributed by atoms with E-state index in [-0.39, 0.29) is 37.3 Å². The average molecular weight is 419 g/mol. The van der Waals surface area contributed by atoms with Crippen molar-refractivity contribution in [3.63, 3.8) is 0 Å². The number of thioether (sulfide) groups is 1. The summed E-state index contributed by atoms with van der Waals surface area (Å²) < 4.78 is 3.98. The number of piperidine rings is 1. The Kier molecular flexibility index (Phi) is 7.82. The zero-order chi connectivity index (χ0) is 16.4. The zero-order valence-corrected chi connectivity index (χ0v) is 16.8. The number of carbonyl (C=O) groups excluding carboxylic acids is 1. The second-order valence-electron chi connectivity index (χ2n) is 6.29. The first kappa shape index (κ1) is 21.1. The molecule has 1 unspecified atom stereocenters. The first-order chi connectivity index (χ1) is 11.8. The Labute approximate surface area is 169 Å². The maximum absolute atomic E-state index is 12.3. The Morgan fingerprint density at radius 2 is 2.31 bits per heavy atom. The van der Waals surface area contributed by atoms with Crippen molar-refractivity contribution in [3.05, 3.63) is 29.8 Å². The maximum Gasteiger partial charge on any atom is 0.242 e. The van der Waals surface area contributed by atoms with Gasteiger partial charge in [-0.3, -0.25) is 9.48 Å². The van der Waals surface area contributed by atoms with Crippen molar-refractivity contribution >= 4 is 42.5 Å². The number of rotatable bonds is 5. The normalized spacial score (nSPS) is 18.5. The molecule has 0 aliphatic carbocycles. The molecular formula is C16H24Cl2N6OS. The van der Waals surface area contributed by atoms with Crippen LogP contribution in [0.25, 0.3) is 0 Å². The van der Waals surface area contributed by atoms with Gasteiger partial charge in [0.15, 0.2) is 5.16 Å². The van der Waals surface area contributed by atoms with Crippen LogP contribution in [0.2, 0.25) is 0 Å². The molecule has 2 aromatic heterocycles. The summed E-state index contributed by atoms with van der Waals surface area (Å²) in [5, 5.41) is 11.8. The lowest BCUT2D eigenvalue weighted by Crippen LogP contribution is -2.32. The number of hydrogen-bond donors (Lipinski definition) is 2. The molecule has 2 aromatic rings. The molecule has 1 atom stereocenters. The van der Waals surface area contributed by atoms with E-state index in [0.717, 1.165) is 48.4 Å². The molecule has 2 aliphatic rings. The van der Waals surface area contributed by atoms with Gasteiger partial charge in [-0.05, 0) is 25.5 Å². The lowest BCUT2D eigenvalue weighted by Gasteiger charge is -2.23. The number of carbonyl (C=O) groups is 1. The van der Waals surface area contributed by atoms with Gasteiger partial charge < -0.3 is 15.2 Å². The van der Waals surface area contributed by atoms with E-state index in [1.807, 2.05) is 16.9 Å². The molecule has 0 saturated carbocycles. The van der Waals surface area contributed by atoms with Gasteiger partial charge in [0.1, 0.15) is 6.54 Å². The van der Waals surface area contributed by atoms with E-state index in [4.69, 9.17) is 0 Å². The van der Waals surface area contributed by atoms with Gasteiger partial charge in [0, 0.05) is 42.8 Å². The molecular weight excluding hydrogens is 395 g/mol. The highest BCUT2D eigenvalue weighted by molar-refractivity contribution is 7.99. The Morgan fingerprint density at radius 1 is 1.42 bits per heavy atom. The molecule has 7 nitrogen and oxygen atoms in total. The summed E-state index contributed by atoms with van der Waals surface area (Å²) in [5.41, 5.74) is 2.07. The van der Waals surface area contributed by atoms with Crippen molar-refractivity contribution in [2.24, 2.45) is 0 Å². The number of nitrogens with zero attached hydrogens (tertiary/aromatic N) is 4. The number of halogens is 2. The topological polar surface area (TPSA) is 76.8 Å². The molecule has 4 heterocycles. The SMILES string of the molecule is Cl.Cl.O=C(Cn1nccc1C1CCCNC1)NCc1cn2c(n1)SCC2. The third kappa shape index (κ3) is 4.73. The number of nitrogens with one attached hydrogen (secondary N) is 2. The van der Waals surface area contributed by atoms with Crippen LogP contribution in [0.15, 0.2) is 23.6 Å². The molecule has 144 valence electrons. The minimum Gasteiger partial charge on any atom is -0.349 e. The fraction of sp³-hybridized carbons (Fsp3) is 0.562. The predicted octanol–water partition coefficient (Wildman–Crippen LogP) is 1.81. The largest absolute Gasteiger partial charge is 0.349 e. The Hall–Kier alpha value is -1.22. The van der Waals surface area contributed by atoms with Gasteiger partial charge in [-0.1, -0.05) is 11.8 Å². The molecule has 1 amide bonds. The summed E-state index contributed by atoms with van der Waals surface area (Å²) in [7, 11) is 0. The van der Waals surface area contributed by atoms with Gasteiger partial charge in [0.2, 0.25) is 5.91 Å². The highest BCUT2D eigenvalue weighted by atomic mass is 35.5. The van der Waals surface area contributed by atoms with Gasteiger partial charge in [-0.25, -0.2) is 4.98 Å². The zero-order valence-electron chi connectivity index (χ0n) is 14.4. The number of imidazole rings is 1. The third-order valence-corrected chi connectivity index (χ3v) is 5.55. The first-order valence-electron chi connectivity index (χ1n) is 8.47. The molecule has 10 heteroatoms. The van der Waals surface area contributed by atoms with Crippen molar-refractivity contribution in [2.75, 3.05) is 18.8 Å². The molecule has 0 bridgehead atoms. The van der Waals surface area contributed by atoms with Crippen molar-refractivity contribution in [1.82, 2.24) is 30.0 Å². The highest BCUT2D eigenvalue weighted by Crippen LogP contribution is 2.24. The summed E-state index contributed by atoms with van der Waals surface area (Å²) in [5.74, 6) is 1.51. The van der Waals surface area contributed by atoms with Crippen molar-refractivity contribution < 1.29 is 4.79 Å². The molecule has 1 fully saturated rings. The number of hydrogen-bond acceptors (Lipinski definition) is 5. The van der Waals surface area contributed by atoms with E-state index in [0.29, 0.717) is 12.5 Å². The highest BCUT2D eigenvalue weighted by Gasteiger charge is 2.20. The minimum atomic E-state index is -0.0236. The average Bonchev–Trinajstić information content (AvgIpc) is 3.29. The molecule has 1 saturated heterocycles. The molecule has 2 N–H and O–H groups in total. The van der Waals surface area contributed by atoms with Gasteiger partial charge in [0.25, 0.3) is 0 Å². The number of aromatic nitrogens is 4. The van der Waals surface area contributed by atoms with Crippen molar-refractivity contribution in [2.45, 2.75) is 43.6 Å². The third-order valence-electron chi connectivity index (χ3n) is 4.58. The fourth-order valence-corrected chi connectivity index (χ4v) is 4.32. The van der Waals surface area contributed by atoms with Gasteiger partial charge in [-0.2, -0.15) is 5.10 Å². The van der Waals surface area contributed by atoms with Gasteiger partial charge >= 0.3 is 0 Å². The smallest absolute Gasteiger partial charge is 0.242 e. The quantitative estimate of drug-likeness (QED) is 0.773. The number of fused-ring (bicyclic) bond motifs is 1. The van der Waals surface area contributed by atoms with E-state index < -0.39 is 0 Å². The summed E-state index contributed by atoms with van der Waals surface area (Å²) >= 11 is 1.76. The first-order valence-corrected chi connectivity index (χ1v) is 9.46. The maximum atomic E-state index is 12.3. The van der Waals surface area contributed by atoms with Crippen LogP contribution in [0.3, 0.4) is 0 Å². The van der Waals surface area contributed by atoms with E-state index in [1.54, 1.807) is 18.0 Å². The predicted molar refractivity (Wildman–Crippen MR) is 106 cm³/mol. The summed E-state index contributed by atoms with van der Waals surface area (Å²) in [6.07, 6.45) is 6.14. The van der Waals surface area contributed by atoms with Crippen LogP contribution in [0.5, 0.6) is 0 Å². The van der Waals surface area contributed by atoms with Gasteiger partial charge in [-0.15, -0.1) is 24.8 Å². The molecule has 0 radical (unpaired) electrons. The molecule has 0 spiro atoms. The minimum absolute atomic E-state index is 0. The molecule has 0 aromatic carbocycles. The van der Waals surface area contributed by atoms with Crippen LogP contribution < -0.4 is 10.6 Å². The molecule has 2 aliphatic heterocycles. The van der Waals surface area contributed by atoms with Crippen LogP contribution in [0.1, 0.15) is 30.1 Å². The van der Waals surface area contributed by atoms with Crippen LogP contribution in [0.4, 0.5) is 0 Å². The molecule has 26 heavy (non-hydrogen) atoms. The summed E-state index contributed by atoms with van der Waals surface area (Å²) in [4.78, 5) is 16.8. The molecule has 4 rings (SSSR count). The summed E-state index contributed by atoms with van der Waals surface area (Å²) in [6.45, 7) is 3.79. The van der Waals surface area contributed by atoms with E-state index in [2.05, 4.69) is 25.3 Å². The Balaban J connectivity index is 0.00000121. The standard InChI is InChI=1S/C16H22N6OS.2ClH/c23-15(18-9-13-10-21-6-7-24-16(21)20-13)11-22-14(3-5-19-22)12-2-1-4-17-8-12;;/h3,5,10,12,17H,1-2,4,6-9,11H2,(H,18,23);2*1H. The number of amides is 1. The van der Waals surface area contributed by atoms with Crippen LogP contribution in [0, 0.1) is 0 Å². The van der Waals surface area contributed by atoms with E-state index in [1.165, 1.54) is 6.42 Å². The van der Waals surface area contributed by atoms with E-state index in [9.17, 15) is 4.79 Å². The van der Waals surface area contributed by atoms with Crippen molar-refractivity contribution in [1.29, 1.82) is 0 Å². The van der Waals surface area contributed by atoms with Crippen LogP contribution >= 0.6 is 36.6 Å². The van der Waals surface area contributed by atoms with Crippen LogP contribution in [-0.2, 0) is 24.4 Å². The van der Waals surface area contributed by atoms with E-state index >= 15 is 0 Å². The summed E-state index contributed by atoms with van der Waals surface area (Å²) in [6, 6.07) is 2.03. The Morgan fingerprint density at radius 3 is 3.08 bits per heavy atom. The fourth-order valence-electron chi connectivity index (χ4n) is 3.35. The van der Waals surface area contributed by atoms with Crippen molar-refractivity contribution in [3.8, 4) is 0 Å². The monoisotopic (exact) mass is 418 g/mol. The number of aryl methyl sites for hydroxylation is 1. The van der Waals surface area contributed by atoms with Crippen LogP contribution in [-0.4, -0.2) is 44.1 Å². The lowest BCUT2D eigenvalue weighted by atomic mass is 9.96. The lowest BCUT2D eigenvalue weighted by molar-refractivity contribution is -0.122. The second-order valence-corrected chi connectivity index (χ2v) is 7.35. The Bertz CT molecular complexity index is 707. The van der Waals surface area contributed by atoms with Gasteiger partial charge in [0.05, 0.1) is 12.2 Å².